The maximum Gasteiger partial charge on any atom is 0.263 e. The molecule has 0 aliphatic carbocycles. The molecule has 0 radical (unpaired) electrons. The lowest BCUT2D eigenvalue weighted by Gasteiger charge is -2.31. The van der Waals surface area contributed by atoms with Gasteiger partial charge in [-0.25, -0.2) is 0 Å². The third kappa shape index (κ3) is 3.21. The fourth-order valence-electron chi connectivity index (χ4n) is 3.00. The van der Waals surface area contributed by atoms with Crippen LogP contribution in [0.2, 0.25) is 0 Å². The topological polar surface area (TPSA) is 51.0 Å². The smallest absolute Gasteiger partial charge is 0.263 e. The fourth-order valence-corrected chi connectivity index (χ4v) is 3.69. The molecule has 0 spiro atoms. The first-order chi connectivity index (χ1) is 10.6. The van der Waals surface area contributed by atoms with Crippen molar-refractivity contribution in [2.24, 2.45) is 5.92 Å². The average molecular weight is 318 g/mol. The number of nitrogens with zero attached hydrogens (tertiary/aromatic N) is 4. The van der Waals surface area contributed by atoms with Crippen LogP contribution < -0.4 is 0 Å². The van der Waals surface area contributed by atoms with E-state index in [2.05, 4.69) is 28.6 Å². The van der Waals surface area contributed by atoms with Crippen molar-refractivity contribution < 1.29 is 4.79 Å². The lowest BCUT2D eigenvalue weighted by atomic mass is 9.93. The Kier molecular flexibility index (Phi) is 4.57. The Bertz CT molecular complexity index is 612. The van der Waals surface area contributed by atoms with Crippen LogP contribution in [0, 0.1) is 5.92 Å². The number of hydrogen-bond acceptors (Lipinski definition) is 4. The van der Waals surface area contributed by atoms with E-state index in [1.807, 2.05) is 28.7 Å². The Balaban J connectivity index is 1.56. The molecule has 0 N–H and O–H groups in total. The summed E-state index contributed by atoms with van der Waals surface area (Å²) in [6, 6.07) is 4.23. The Morgan fingerprint density at radius 2 is 2.18 bits per heavy atom. The maximum atomic E-state index is 12.3. The van der Waals surface area contributed by atoms with Crippen molar-refractivity contribution in [1.82, 2.24) is 19.7 Å². The van der Waals surface area contributed by atoms with Gasteiger partial charge in [-0.15, -0.1) is 21.5 Å². The summed E-state index contributed by atoms with van der Waals surface area (Å²) in [4.78, 5) is 15.2. The quantitative estimate of drug-likeness (QED) is 0.871. The summed E-state index contributed by atoms with van der Waals surface area (Å²) in [5, 5.41) is 10.3. The van der Waals surface area contributed by atoms with Gasteiger partial charge in [-0.3, -0.25) is 4.79 Å². The van der Waals surface area contributed by atoms with E-state index in [0.717, 1.165) is 43.1 Å². The molecule has 6 heteroatoms. The van der Waals surface area contributed by atoms with Gasteiger partial charge in [0.05, 0.1) is 4.88 Å². The van der Waals surface area contributed by atoms with Gasteiger partial charge in [0.2, 0.25) is 0 Å². The minimum Gasteiger partial charge on any atom is -0.338 e. The van der Waals surface area contributed by atoms with Crippen LogP contribution in [-0.2, 0) is 6.42 Å². The molecule has 0 saturated carbocycles. The largest absolute Gasteiger partial charge is 0.338 e. The molecule has 0 bridgehead atoms. The predicted molar refractivity (Wildman–Crippen MR) is 87.1 cm³/mol. The molecule has 22 heavy (non-hydrogen) atoms. The molecule has 1 fully saturated rings. The normalized spacial score (nSPS) is 16.4. The summed E-state index contributed by atoms with van der Waals surface area (Å²) >= 11 is 1.52. The van der Waals surface area contributed by atoms with Gasteiger partial charge in [0.25, 0.3) is 5.91 Å². The van der Waals surface area contributed by atoms with Crippen LogP contribution in [0.25, 0.3) is 0 Å². The lowest BCUT2D eigenvalue weighted by Crippen LogP contribution is -2.38. The monoisotopic (exact) mass is 318 g/mol. The first kappa shape index (κ1) is 15.2. The summed E-state index contributed by atoms with van der Waals surface area (Å²) in [6.45, 7) is 5.98. The molecule has 1 saturated heterocycles. The van der Waals surface area contributed by atoms with Gasteiger partial charge in [0.15, 0.2) is 0 Å². The third-order valence-corrected chi connectivity index (χ3v) is 5.17. The summed E-state index contributed by atoms with van der Waals surface area (Å²) in [6.07, 6.45) is 4.86. The third-order valence-electron chi connectivity index (χ3n) is 4.31. The standard InChI is InChI=1S/C16H22N4OS/c1-12(2)20-11-17-18-15(20)10-13-5-7-19(8-6-13)16(21)14-4-3-9-22-14/h3-4,9,11-13H,5-8,10H2,1-2H3. The van der Waals surface area contributed by atoms with Crippen LogP contribution in [0.3, 0.4) is 0 Å². The number of aromatic nitrogens is 3. The molecule has 1 aliphatic heterocycles. The van der Waals surface area contributed by atoms with Gasteiger partial charge in [0, 0.05) is 25.6 Å². The van der Waals surface area contributed by atoms with Crippen LogP contribution in [0.15, 0.2) is 23.8 Å². The van der Waals surface area contributed by atoms with E-state index >= 15 is 0 Å². The number of thiophene rings is 1. The molecule has 0 unspecified atom stereocenters. The highest BCUT2D eigenvalue weighted by Crippen LogP contribution is 2.24. The van der Waals surface area contributed by atoms with E-state index in [4.69, 9.17) is 0 Å². The number of likely N-dealkylation sites (tertiary alicyclic amines) is 1. The molecule has 1 aliphatic rings. The van der Waals surface area contributed by atoms with Gasteiger partial charge >= 0.3 is 0 Å². The highest BCUT2D eigenvalue weighted by atomic mass is 32.1. The summed E-state index contributed by atoms with van der Waals surface area (Å²) < 4.78 is 2.14. The van der Waals surface area contributed by atoms with Crippen molar-refractivity contribution in [3.63, 3.8) is 0 Å². The van der Waals surface area contributed by atoms with Crippen LogP contribution in [0.5, 0.6) is 0 Å². The number of carbonyl (C=O) groups is 1. The van der Waals surface area contributed by atoms with Gasteiger partial charge in [-0.1, -0.05) is 6.07 Å². The Labute approximate surface area is 135 Å². The molecule has 2 aromatic rings. The van der Waals surface area contributed by atoms with Gasteiger partial charge in [-0.05, 0) is 44.1 Å². The molecule has 0 aromatic carbocycles. The van der Waals surface area contributed by atoms with E-state index < -0.39 is 0 Å². The number of hydrogen-bond donors (Lipinski definition) is 0. The minimum absolute atomic E-state index is 0.179. The molecule has 0 atom stereocenters. The second-order valence-corrected chi connectivity index (χ2v) is 7.11. The first-order valence-corrected chi connectivity index (χ1v) is 8.74. The molecule has 118 valence electrons. The van der Waals surface area contributed by atoms with Crippen LogP contribution >= 0.6 is 11.3 Å². The molecule has 3 rings (SSSR count). The van der Waals surface area contributed by atoms with Gasteiger partial charge in [0.1, 0.15) is 12.2 Å². The molecule has 5 nitrogen and oxygen atoms in total. The van der Waals surface area contributed by atoms with E-state index in [0.29, 0.717) is 12.0 Å². The molecule has 3 heterocycles. The van der Waals surface area contributed by atoms with E-state index in [1.165, 1.54) is 11.3 Å². The Morgan fingerprint density at radius 1 is 1.41 bits per heavy atom. The second kappa shape index (κ2) is 6.60. The first-order valence-electron chi connectivity index (χ1n) is 7.86. The van der Waals surface area contributed by atoms with Crippen molar-refractivity contribution >= 4 is 17.2 Å². The highest BCUT2D eigenvalue weighted by molar-refractivity contribution is 7.12. The van der Waals surface area contributed by atoms with Crippen LogP contribution in [0.1, 0.15) is 48.2 Å². The molecule has 1 amide bonds. The fraction of sp³-hybridized carbons (Fsp3) is 0.562. The predicted octanol–water partition coefficient (Wildman–Crippen LogP) is 3.02. The Hall–Kier alpha value is -1.69. The lowest BCUT2D eigenvalue weighted by molar-refractivity contribution is 0.0694. The summed E-state index contributed by atoms with van der Waals surface area (Å²) in [5.41, 5.74) is 0. The van der Waals surface area contributed by atoms with Gasteiger partial charge < -0.3 is 9.47 Å². The van der Waals surface area contributed by atoms with Crippen molar-refractivity contribution in [2.75, 3.05) is 13.1 Å². The average Bonchev–Trinajstić information content (AvgIpc) is 3.18. The molecule has 2 aromatic heterocycles. The second-order valence-electron chi connectivity index (χ2n) is 6.17. The maximum absolute atomic E-state index is 12.3. The summed E-state index contributed by atoms with van der Waals surface area (Å²) in [7, 11) is 0. The van der Waals surface area contributed by atoms with E-state index in [9.17, 15) is 4.79 Å². The van der Waals surface area contributed by atoms with Crippen molar-refractivity contribution in [1.29, 1.82) is 0 Å². The summed E-state index contributed by atoms with van der Waals surface area (Å²) in [5.74, 6) is 1.84. The zero-order valence-electron chi connectivity index (χ0n) is 13.1. The number of piperidine rings is 1. The van der Waals surface area contributed by atoms with Crippen molar-refractivity contribution in [2.45, 2.75) is 39.2 Å². The zero-order chi connectivity index (χ0) is 15.5. The van der Waals surface area contributed by atoms with Crippen molar-refractivity contribution in [3.05, 3.63) is 34.5 Å². The number of carbonyl (C=O) groups excluding carboxylic acids is 1. The van der Waals surface area contributed by atoms with E-state index in [1.54, 1.807) is 0 Å². The zero-order valence-corrected chi connectivity index (χ0v) is 13.9. The van der Waals surface area contributed by atoms with E-state index in [-0.39, 0.29) is 5.91 Å². The highest BCUT2D eigenvalue weighted by Gasteiger charge is 2.25. The molecular weight excluding hydrogens is 296 g/mol. The number of rotatable bonds is 4. The van der Waals surface area contributed by atoms with Crippen LogP contribution in [-0.4, -0.2) is 38.7 Å². The van der Waals surface area contributed by atoms with Crippen LogP contribution in [0.4, 0.5) is 0 Å². The van der Waals surface area contributed by atoms with Crippen molar-refractivity contribution in [3.8, 4) is 0 Å². The molecular formula is C16H22N4OS. The SMILES string of the molecule is CC(C)n1cnnc1CC1CCN(C(=O)c2cccs2)CC1. The van der Waals surface area contributed by atoms with Gasteiger partial charge in [-0.2, -0.15) is 0 Å². The number of amides is 1. The minimum atomic E-state index is 0.179. The Morgan fingerprint density at radius 3 is 2.82 bits per heavy atom.